The Labute approximate surface area is 34.9 Å². The molecule has 0 amide bonds. The average Bonchev–Trinajstić information content (AvgIpc) is 0.811. The first-order valence-corrected chi connectivity index (χ1v) is 3.76. The fraction of sp³-hybridized carbons (Fsp3) is 0. The second kappa shape index (κ2) is 2.04. The molecule has 0 aromatic carbocycles. The van der Waals surface area contributed by atoms with Gasteiger partial charge in [-0.05, 0) is 23.0 Å². The van der Waals surface area contributed by atoms with Gasteiger partial charge in [-0.25, -0.2) is 0 Å². The van der Waals surface area contributed by atoms with Gasteiger partial charge in [-0.1, -0.05) is 0 Å². The highest BCUT2D eigenvalue weighted by Crippen LogP contribution is 2.17. The molecule has 0 aliphatic heterocycles. The van der Waals surface area contributed by atoms with Crippen molar-refractivity contribution in [1.82, 2.24) is 0 Å². The van der Waals surface area contributed by atoms with E-state index in [1.165, 1.54) is 0 Å². The molecule has 1 atom stereocenters. The smallest absolute Gasteiger partial charge is 0.149 e. The Balaban J connectivity index is 2.80. The van der Waals surface area contributed by atoms with E-state index < -0.39 is 6.28 Å². The van der Waals surface area contributed by atoms with Crippen LogP contribution in [-0.4, -0.2) is 4.89 Å². The summed E-state index contributed by atoms with van der Waals surface area (Å²) in [4.78, 5) is 7.70. The van der Waals surface area contributed by atoms with Crippen molar-refractivity contribution in [2.45, 2.75) is 0 Å². The van der Waals surface area contributed by atoms with Crippen LogP contribution >= 0.6 is 17.5 Å². The van der Waals surface area contributed by atoms with Crippen molar-refractivity contribution in [3.63, 3.8) is 0 Å². The predicted molar refractivity (Wildman–Crippen MR) is 22.4 cm³/mol. The maximum absolute atomic E-state index is 7.70. The molecule has 0 bridgehead atoms. The zero-order valence-corrected chi connectivity index (χ0v) is 4.15. The minimum Gasteiger partial charge on any atom is -0.330 e. The summed E-state index contributed by atoms with van der Waals surface area (Å²) in [7, 11) is 0. The molecule has 0 saturated heterocycles. The molecular weight excluding hydrogens is 114 g/mol. The summed E-state index contributed by atoms with van der Waals surface area (Å²) in [6.45, 7) is 0. The van der Waals surface area contributed by atoms with Crippen LogP contribution in [0.25, 0.3) is 0 Å². The number of hydrogen-bond acceptors (Lipinski definition) is 1. The third-order valence-corrected chi connectivity index (χ3v) is 0. The normalized spacial score (nSPS) is 11.0. The Bertz CT molecular complexity index is 31.0. The standard InChI is InChI=1S/ClHOPS/c1-3(2)4/h(H,2,4). The molecule has 1 nitrogen and oxygen atoms in total. The van der Waals surface area contributed by atoms with Gasteiger partial charge in [0.2, 0.25) is 0 Å². The molecule has 0 aliphatic rings. The zero-order valence-electron chi connectivity index (χ0n) is 1.68. The average molecular weight is 116 g/mol. The minimum absolute atomic E-state index is 1.56. The summed E-state index contributed by atoms with van der Waals surface area (Å²) in [5.41, 5.74) is 0. The van der Waals surface area contributed by atoms with Crippen molar-refractivity contribution in [1.29, 1.82) is 0 Å². The second-order valence-corrected chi connectivity index (χ2v) is 3.28. The Kier molecular flexibility index (Phi) is 2.43. The van der Waals surface area contributed by atoms with Crippen molar-refractivity contribution in [3.05, 3.63) is 0 Å². The second-order valence-electron chi connectivity index (χ2n) is 0.226. The highest BCUT2D eigenvalue weighted by atomic mass is 35.7. The molecule has 0 rings (SSSR count). The van der Waals surface area contributed by atoms with Crippen LogP contribution in [-0.2, 0) is 11.8 Å². The molecule has 25 valence electrons. The third-order valence-electron chi connectivity index (χ3n) is 0. The molecule has 0 aromatic rings. The van der Waals surface area contributed by atoms with Crippen molar-refractivity contribution >= 4 is 29.3 Å². The van der Waals surface area contributed by atoms with Gasteiger partial charge in [0.25, 0.3) is 0 Å². The zero-order chi connectivity index (χ0) is 3.58. The van der Waals surface area contributed by atoms with Gasteiger partial charge in [-0.3, -0.25) is 0 Å². The molecule has 0 saturated carbocycles. The van der Waals surface area contributed by atoms with Gasteiger partial charge < -0.3 is 4.89 Å². The molecule has 0 aromatic heterocycles. The van der Waals surface area contributed by atoms with Crippen molar-refractivity contribution in [2.24, 2.45) is 0 Å². The van der Waals surface area contributed by atoms with E-state index in [0.717, 1.165) is 0 Å². The number of halogens is 1. The Morgan fingerprint density at radius 2 is 2.00 bits per heavy atom. The largest absolute Gasteiger partial charge is 0.330 e. The highest BCUT2D eigenvalue weighted by molar-refractivity contribution is 8.14. The summed E-state index contributed by atoms with van der Waals surface area (Å²) in [5, 5.41) is 0. The van der Waals surface area contributed by atoms with Gasteiger partial charge in [0.05, 0.1) is 0 Å². The van der Waals surface area contributed by atoms with E-state index in [9.17, 15) is 0 Å². The third kappa shape index (κ3) is 14.6. The molecule has 0 spiro atoms. The monoisotopic (exact) mass is 115 g/mol. The van der Waals surface area contributed by atoms with Gasteiger partial charge in [-0.2, -0.15) is 0 Å². The summed E-state index contributed by atoms with van der Waals surface area (Å²) < 4.78 is 0. The van der Waals surface area contributed by atoms with Gasteiger partial charge in [-0.15, -0.1) is 0 Å². The molecule has 0 aliphatic carbocycles. The van der Waals surface area contributed by atoms with E-state index in [1.807, 2.05) is 0 Å². The van der Waals surface area contributed by atoms with E-state index in [1.54, 1.807) is 0 Å². The molecule has 4 heavy (non-hydrogen) atoms. The van der Waals surface area contributed by atoms with Crippen LogP contribution in [0.15, 0.2) is 0 Å². The minimum atomic E-state index is -1.56. The first-order valence-electron chi connectivity index (χ1n) is 0.552. The first kappa shape index (κ1) is 4.77. The lowest BCUT2D eigenvalue weighted by molar-refractivity contribution is 0.657. The Hall–Kier alpha value is 0.770. The van der Waals surface area contributed by atoms with Crippen LogP contribution in [0.3, 0.4) is 0 Å². The summed E-state index contributed by atoms with van der Waals surface area (Å²) in [6, 6.07) is 0. The van der Waals surface area contributed by atoms with Crippen LogP contribution in [0.1, 0.15) is 0 Å². The van der Waals surface area contributed by atoms with Gasteiger partial charge in [0.15, 0.2) is 0 Å². The summed E-state index contributed by atoms with van der Waals surface area (Å²) >= 11 is 8.72. The topological polar surface area (TPSA) is 20.2 Å². The lowest BCUT2D eigenvalue weighted by Gasteiger charge is -1.59. The maximum atomic E-state index is 7.70. The van der Waals surface area contributed by atoms with Gasteiger partial charge in [0, 0.05) is 0 Å². The van der Waals surface area contributed by atoms with Crippen LogP contribution < -0.4 is 0 Å². The summed E-state index contributed by atoms with van der Waals surface area (Å²) in [5.74, 6) is 0. The van der Waals surface area contributed by atoms with E-state index in [0.29, 0.717) is 0 Å². The first-order chi connectivity index (χ1) is 1.73. The van der Waals surface area contributed by atoms with Gasteiger partial charge >= 0.3 is 0 Å². The van der Waals surface area contributed by atoms with E-state index >= 15 is 0 Å². The Morgan fingerprint density at radius 3 is 2.00 bits per heavy atom. The fourth-order valence-corrected chi connectivity index (χ4v) is 0. The molecule has 4 heteroatoms. The molecule has 1 unspecified atom stereocenters. The lowest BCUT2D eigenvalue weighted by Crippen LogP contribution is -1.19. The SMILES string of the molecule is O[P](=S)Cl. The predicted octanol–water partition coefficient (Wildman–Crippen LogP) is 0.991. The highest BCUT2D eigenvalue weighted by Gasteiger charge is 1.60. The number of hydrogen-bond donors (Lipinski definition) is 1. The van der Waals surface area contributed by atoms with E-state index in [4.69, 9.17) is 16.1 Å². The Morgan fingerprint density at radius 1 is 2.00 bits per heavy atom. The molecule has 1 N–H and O–H groups in total. The van der Waals surface area contributed by atoms with Crippen LogP contribution in [0.2, 0.25) is 0 Å². The van der Waals surface area contributed by atoms with Crippen molar-refractivity contribution in [2.75, 3.05) is 0 Å². The van der Waals surface area contributed by atoms with E-state index in [2.05, 4.69) is 11.8 Å². The molecule has 1 radical (unpaired) electrons. The van der Waals surface area contributed by atoms with Gasteiger partial charge in [0.1, 0.15) is 6.28 Å². The lowest BCUT2D eigenvalue weighted by atomic mass is 15.9. The van der Waals surface area contributed by atoms with Crippen LogP contribution in [0.5, 0.6) is 0 Å². The maximum Gasteiger partial charge on any atom is 0.149 e. The number of rotatable bonds is 0. The fourth-order valence-electron chi connectivity index (χ4n) is 0. The summed E-state index contributed by atoms with van der Waals surface area (Å²) in [6.07, 6.45) is -1.56. The van der Waals surface area contributed by atoms with E-state index in [-0.39, 0.29) is 0 Å². The quantitative estimate of drug-likeness (QED) is 0.475. The molecular formula is HClOPS. The van der Waals surface area contributed by atoms with Crippen LogP contribution in [0.4, 0.5) is 0 Å². The van der Waals surface area contributed by atoms with Crippen molar-refractivity contribution < 1.29 is 4.89 Å². The van der Waals surface area contributed by atoms with Crippen molar-refractivity contribution in [3.8, 4) is 0 Å². The molecule has 0 fully saturated rings. The van der Waals surface area contributed by atoms with Crippen LogP contribution in [0, 0.1) is 0 Å². The molecule has 0 heterocycles.